The maximum Gasteiger partial charge on any atom is 0.485 e. The standard InChI is InChI=1S/C19H42N.CHF3O3S/c1-5-6-7-8-9-10-11-12-13-14-15-16-17-18-19-20(2,3)4;2-1(3,4)8(5,6)7/h5-19H2,1-4H3;(H,5,6,7)/q+1;/p-1. The third-order valence-corrected chi connectivity index (χ3v) is 5.03. The minimum absolute atomic E-state index is 1.12. The summed E-state index contributed by atoms with van der Waals surface area (Å²) in [4.78, 5) is 0. The van der Waals surface area contributed by atoms with Crippen molar-refractivity contribution in [1.82, 2.24) is 0 Å². The third-order valence-electron chi connectivity index (χ3n) is 4.47. The van der Waals surface area contributed by atoms with Crippen molar-refractivity contribution < 1.29 is 30.6 Å². The Bertz CT molecular complexity index is 447. The number of halogens is 3. The molecule has 0 aliphatic carbocycles. The Morgan fingerprint density at radius 3 is 1.14 bits per heavy atom. The molecular formula is C20H42F3NO3S. The van der Waals surface area contributed by atoms with E-state index in [-0.39, 0.29) is 0 Å². The van der Waals surface area contributed by atoms with Gasteiger partial charge in [0.05, 0.1) is 27.7 Å². The van der Waals surface area contributed by atoms with E-state index in [4.69, 9.17) is 13.0 Å². The van der Waals surface area contributed by atoms with E-state index in [1.165, 1.54) is 96.4 Å². The van der Waals surface area contributed by atoms with Crippen molar-refractivity contribution in [3.8, 4) is 0 Å². The molecule has 0 aromatic heterocycles. The van der Waals surface area contributed by atoms with Crippen molar-refractivity contribution >= 4 is 10.1 Å². The Morgan fingerprint density at radius 1 is 0.679 bits per heavy atom. The Labute approximate surface area is 171 Å². The van der Waals surface area contributed by atoms with Crippen LogP contribution in [0.5, 0.6) is 0 Å². The van der Waals surface area contributed by atoms with Crippen molar-refractivity contribution in [2.24, 2.45) is 0 Å². The summed E-state index contributed by atoms with van der Waals surface area (Å²) in [5, 5.41) is 0. The quantitative estimate of drug-likeness (QED) is 0.133. The van der Waals surface area contributed by atoms with E-state index in [1.807, 2.05) is 0 Å². The van der Waals surface area contributed by atoms with Crippen LogP contribution in [0.1, 0.15) is 96.8 Å². The van der Waals surface area contributed by atoms with E-state index < -0.39 is 15.6 Å². The molecule has 0 N–H and O–H groups in total. The van der Waals surface area contributed by atoms with Crippen LogP contribution in [0.2, 0.25) is 0 Å². The monoisotopic (exact) mass is 433 g/mol. The van der Waals surface area contributed by atoms with Gasteiger partial charge in [0.1, 0.15) is 0 Å². The number of hydrogen-bond donors (Lipinski definition) is 0. The zero-order chi connectivity index (χ0) is 22.1. The third kappa shape index (κ3) is 23.7. The molecule has 0 atom stereocenters. The summed E-state index contributed by atoms with van der Waals surface area (Å²) in [5.74, 6) is 0. The minimum atomic E-state index is -6.09. The molecule has 8 heteroatoms. The van der Waals surface area contributed by atoms with Crippen LogP contribution in [0.4, 0.5) is 13.2 Å². The molecule has 0 aromatic rings. The second-order valence-corrected chi connectivity index (χ2v) is 9.88. The Morgan fingerprint density at radius 2 is 0.929 bits per heavy atom. The summed E-state index contributed by atoms with van der Waals surface area (Å²) >= 11 is 0. The lowest BCUT2D eigenvalue weighted by Crippen LogP contribution is -2.35. The topological polar surface area (TPSA) is 57.2 Å². The van der Waals surface area contributed by atoms with Gasteiger partial charge in [0, 0.05) is 0 Å². The Hall–Kier alpha value is -0.340. The van der Waals surface area contributed by atoms with Gasteiger partial charge in [0.15, 0.2) is 10.1 Å². The Kier molecular flexibility index (Phi) is 17.5. The molecule has 0 saturated heterocycles. The molecule has 0 aliphatic heterocycles. The van der Waals surface area contributed by atoms with Crippen LogP contribution < -0.4 is 0 Å². The lowest BCUT2D eigenvalue weighted by Gasteiger charge is -2.23. The van der Waals surface area contributed by atoms with Gasteiger partial charge in [-0.15, -0.1) is 0 Å². The first-order valence-corrected chi connectivity index (χ1v) is 12.0. The molecule has 0 rings (SSSR count). The van der Waals surface area contributed by atoms with Crippen molar-refractivity contribution in [2.75, 3.05) is 27.7 Å². The summed E-state index contributed by atoms with van der Waals surface area (Å²) in [7, 11) is 0.791. The average molecular weight is 434 g/mol. The second-order valence-electron chi connectivity index (χ2n) is 8.51. The molecule has 0 radical (unpaired) electrons. The van der Waals surface area contributed by atoms with Crippen LogP contribution in [0.25, 0.3) is 0 Å². The lowest BCUT2D eigenvalue weighted by atomic mass is 10.0. The van der Waals surface area contributed by atoms with E-state index in [1.54, 1.807) is 0 Å². The first-order valence-electron chi connectivity index (χ1n) is 10.6. The molecule has 4 nitrogen and oxygen atoms in total. The molecule has 0 heterocycles. The molecule has 0 aromatic carbocycles. The fraction of sp³-hybridized carbons (Fsp3) is 1.00. The number of hydrogen-bond acceptors (Lipinski definition) is 3. The summed E-state index contributed by atoms with van der Waals surface area (Å²) in [5.41, 5.74) is -5.65. The molecule has 172 valence electrons. The summed E-state index contributed by atoms with van der Waals surface area (Å²) in [6.45, 7) is 3.63. The minimum Gasteiger partial charge on any atom is -0.741 e. The number of quaternary nitrogens is 1. The zero-order valence-electron chi connectivity index (χ0n) is 18.3. The van der Waals surface area contributed by atoms with Gasteiger partial charge in [-0.2, -0.15) is 13.2 Å². The van der Waals surface area contributed by atoms with Crippen LogP contribution in [0, 0.1) is 0 Å². The predicted octanol–water partition coefficient (Wildman–Crippen LogP) is 6.23. The van der Waals surface area contributed by atoms with E-state index in [0.717, 1.165) is 4.48 Å². The molecule has 0 bridgehead atoms. The molecular weight excluding hydrogens is 391 g/mol. The van der Waals surface area contributed by atoms with Crippen molar-refractivity contribution in [3.05, 3.63) is 0 Å². The number of alkyl halides is 3. The molecule has 0 unspecified atom stereocenters. The van der Waals surface area contributed by atoms with E-state index in [0.29, 0.717) is 0 Å². The molecule has 0 fully saturated rings. The number of rotatable bonds is 15. The van der Waals surface area contributed by atoms with Crippen LogP contribution in [0.3, 0.4) is 0 Å². The number of nitrogens with zero attached hydrogens (tertiary/aromatic N) is 1. The van der Waals surface area contributed by atoms with Gasteiger partial charge >= 0.3 is 5.51 Å². The summed E-state index contributed by atoms with van der Waals surface area (Å²) in [6, 6.07) is 0. The van der Waals surface area contributed by atoms with Crippen molar-refractivity contribution in [3.63, 3.8) is 0 Å². The molecule has 28 heavy (non-hydrogen) atoms. The highest BCUT2D eigenvalue weighted by Gasteiger charge is 2.36. The summed E-state index contributed by atoms with van der Waals surface area (Å²) < 4.78 is 60.0. The highest BCUT2D eigenvalue weighted by molar-refractivity contribution is 7.86. The largest absolute Gasteiger partial charge is 0.741 e. The first-order chi connectivity index (χ1) is 12.8. The highest BCUT2D eigenvalue weighted by Crippen LogP contribution is 2.20. The van der Waals surface area contributed by atoms with Crippen molar-refractivity contribution in [2.45, 2.75) is 102 Å². The fourth-order valence-electron chi connectivity index (χ4n) is 2.78. The van der Waals surface area contributed by atoms with Gasteiger partial charge in [0.25, 0.3) is 0 Å². The maximum absolute atomic E-state index is 10.7. The predicted molar refractivity (Wildman–Crippen MR) is 109 cm³/mol. The smallest absolute Gasteiger partial charge is 0.485 e. The van der Waals surface area contributed by atoms with Gasteiger partial charge < -0.3 is 9.04 Å². The average Bonchev–Trinajstić information content (AvgIpc) is 2.53. The fourth-order valence-corrected chi connectivity index (χ4v) is 2.78. The van der Waals surface area contributed by atoms with Crippen LogP contribution >= 0.6 is 0 Å². The second kappa shape index (κ2) is 16.5. The van der Waals surface area contributed by atoms with Gasteiger partial charge in [-0.1, -0.05) is 84.0 Å². The SMILES string of the molecule is CCCCCCCCCCCCCCCC[N+](C)(C)C.O=S(=O)([O-])C(F)(F)F. The van der Waals surface area contributed by atoms with Gasteiger partial charge in [-0.3, -0.25) is 0 Å². The lowest BCUT2D eigenvalue weighted by molar-refractivity contribution is -0.870. The van der Waals surface area contributed by atoms with Gasteiger partial charge in [-0.25, -0.2) is 8.42 Å². The normalized spacial score (nSPS) is 12.6. The summed E-state index contributed by atoms with van der Waals surface area (Å²) in [6.07, 6.45) is 20.4. The van der Waals surface area contributed by atoms with Crippen molar-refractivity contribution in [1.29, 1.82) is 0 Å². The van der Waals surface area contributed by atoms with E-state index in [9.17, 15) is 13.2 Å². The number of unbranched alkanes of at least 4 members (excludes halogenated alkanes) is 13. The molecule has 0 amide bonds. The first kappa shape index (κ1) is 29.9. The van der Waals surface area contributed by atoms with Crippen LogP contribution in [-0.4, -0.2) is 50.6 Å². The van der Waals surface area contributed by atoms with Crippen LogP contribution in [0.15, 0.2) is 0 Å². The molecule has 0 spiro atoms. The van der Waals surface area contributed by atoms with Gasteiger partial charge in [-0.05, 0) is 12.8 Å². The molecule has 0 saturated carbocycles. The maximum atomic E-state index is 10.7. The zero-order valence-corrected chi connectivity index (χ0v) is 19.1. The Balaban J connectivity index is 0. The van der Waals surface area contributed by atoms with E-state index in [2.05, 4.69) is 28.1 Å². The van der Waals surface area contributed by atoms with Gasteiger partial charge in [0.2, 0.25) is 0 Å². The van der Waals surface area contributed by atoms with Crippen LogP contribution in [-0.2, 0) is 10.1 Å². The highest BCUT2D eigenvalue weighted by atomic mass is 32.2. The van der Waals surface area contributed by atoms with E-state index >= 15 is 0 Å². The molecule has 0 aliphatic rings.